The zero-order chi connectivity index (χ0) is 24.1. The molecule has 1 amide bonds. The van der Waals surface area contributed by atoms with E-state index in [1.807, 2.05) is 13.8 Å². The van der Waals surface area contributed by atoms with E-state index in [1.165, 1.54) is 29.2 Å². The number of Topliss-reactive ketones (excluding diaryl/α,β-unsaturated/α-hetero) is 1. The minimum Gasteiger partial charge on any atom is -0.507 e. The van der Waals surface area contributed by atoms with E-state index in [2.05, 4.69) is 0 Å². The van der Waals surface area contributed by atoms with Crippen molar-refractivity contribution in [3.63, 3.8) is 0 Å². The molecule has 1 unspecified atom stereocenters. The number of likely N-dealkylation sites (tertiary alicyclic amines) is 1. The van der Waals surface area contributed by atoms with E-state index in [4.69, 9.17) is 9.47 Å². The number of ether oxygens (including phenoxy) is 2. The topological polar surface area (TPSA) is 119 Å². The number of rotatable bonds is 9. The first-order valence-electron chi connectivity index (χ1n) is 10.5. The van der Waals surface area contributed by atoms with Crippen LogP contribution in [0.15, 0.2) is 54.1 Å². The molecule has 1 heterocycles. The van der Waals surface area contributed by atoms with Crippen molar-refractivity contribution in [1.82, 2.24) is 4.90 Å². The molecule has 33 heavy (non-hydrogen) atoms. The second kappa shape index (κ2) is 10.3. The molecule has 3 rings (SSSR count). The number of carbonyl (C=O) groups excluding carboxylic acids is 2. The number of amides is 1. The van der Waals surface area contributed by atoms with Gasteiger partial charge in [-0.2, -0.15) is 0 Å². The van der Waals surface area contributed by atoms with E-state index in [0.717, 1.165) is 0 Å². The average Bonchev–Trinajstić information content (AvgIpc) is 3.04. The van der Waals surface area contributed by atoms with Crippen LogP contribution in [0.25, 0.3) is 5.76 Å². The van der Waals surface area contributed by atoms with Gasteiger partial charge in [-0.25, -0.2) is 0 Å². The van der Waals surface area contributed by atoms with Gasteiger partial charge in [0.05, 0.1) is 22.6 Å². The number of methoxy groups -OCH3 is 1. The van der Waals surface area contributed by atoms with Gasteiger partial charge in [0.1, 0.15) is 11.5 Å². The normalized spacial score (nSPS) is 17.6. The van der Waals surface area contributed by atoms with Crippen molar-refractivity contribution in [2.75, 3.05) is 20.3 Å². The molecule has 0 saturated carbocycles. The lowest BCUT2D eigenvalue weighted by atomic mass is 9.95. The van der Waals surface area contributed by atoms with Crippen LogP contribution < -0.4 is 4.74 Å². The lowest BCUT2D eigenvalue weighted by Crippen LogP contribution is -2.31. The molecule has 9 nitrogen and oxygen atoms in total. The number of ketones is 1. The van der Waals surface area contributed by atoms with Gasteiger partial charge in [-0.05, 0) is 38.0 Å². The molecule has 1 fully saturated rings. The fourth-order valence-electron chi connectivity index (χ4n) is 3.76. The Kier molecular flexibility index (Phi) is 7.44. The van der Waals surface area contributed by atoms with E-state index in [1.54, 1.807) is 31.4 Å². The Morgan fingerprint density at radius 3 is 2.48 bits per heavy atom. The van der Waals surface area contributed by atoms with Gasteiger partial charge in [0.25, 0.3) is 17.4 Å². The van der Waals surface area contributed by atoms with Crippen LogP contribution in [0.1, 0.15) is 37.4 Å². The van der Waals surface area contributed by atoms with Gasteiger partial charge in [0.15, 0.2) is 0 Å². The monoisotopic (exact) mass is 454 g/mol. The first kappa shape index (κ1) is 23.9. The molecule has 1 aliphatic rings. The van der Waals surface area contributed by atoms with Crippen LogP contribution in [0.2, 0.25) is 0 Å². The summed E-state index contributed by atoms with van der Waals surface area (Å²) >= 11 is 0. The number of aliphatic hydroxyl groups excluding tert-OH is 1. The van der Waals surface area contributed by atoms with Crippen LogP contribution in [0.4, 0.5) is 5.69 Å². The highest BCUT2D eigenvalue weighted by atomic mass is 16.6. The van der Waals surface area contributed by atoms with E-state index in [9.17, 15) is 24.8 Å². The smallest absolute Gasteiger partial charge is 0.295 e. The van der Waals surface area contributed by atoms with Crippen molar-refractivity contribution in [2.24, 2.45) is 0 Å². The van der Waals surface area contributed by atoms with Gasteiger partial charge in [0.2, 0.25) is 0 Å². The Morgan fingerprint density at radius 2 is 1.88 bits per heavy atom. The van der Waals surface area contributed by atoms with Gasteiger partial charge in [-0.3, -0.25) is 19.7 Å². The number of carbonyl (C=O) groups is 2. The van der Waals surface area contributed by atoms with Crippen molar-refractivity contribution in [3.8, 4) is 5.75 Å². The summed E-state index contributed by atoms with van der Waals surface area (Å²) in [5.74, 6) is -1.42. The molecular formula is C24H26N2O7. The lowest BCUT2D eigenvalue weighted by Gasteiger charge is -2.25. The molecule has 2 aromatic carbocycles. The number of hydrogen-bond donors (Lipinski definition) is 1. The summed E-state index contributed by atoms with van der Waals surface area (Å²) in [5, 5.41) is 22.2. The molecular weight excluding hydrogens is 428 g/mol. The maximum atomic E-state index is 13.0. The average molecular weight is 454 g/mol. The highest BCUT2D eigenvalue weighted by Gasteiger charge is 2.45. The van der Waals surface area contributed by atoms with Crippen LogP contribution in [-0.4, -0.2) is 53.0 Å². The maximum Gasteiger partial charge on any atom is 0.295 e. The molecule has 0 radical (unpaired) electrons. The molecule has 0 aliphatic carbocycles. The van der Waals surface area contributed by atoms with Gasteiger partial charge in [-0.15, -0.1) is 0 Å². The summed E-state index contributed by atoms with van der Waals surface area (Å²) in [7, 11) is 1.54. The standard InChI is InChI=1S/C24H26N2O7/c1-15(2)33-19-10-8-16(9-11-19)21-20(23(28)24(29)25(21)12-5-13-32-3)22(27)17-6-4-7-18(14-17)26(30)31/h4,6-11,14-15,21,27H,5,12-13H2,1-3H3/b22-20-. The van der Waals surface area contributed by atoms with Gasteiger partial charge < -0.3 is 19.5 Å². The number of non-ortho nitro benzene ring substituents is 1. The first-order valence-corrected chi connectivity index (χ1v) is 10.5. The fourth-order valence-corrected chi connectivity index (χ4v) is 3.76. The molecule has 0 spiro atoms. The summed E-state index contributed by atoms with van der Waals surface area (Å²) in [6.07, 6.45) is 0.468. The Hall–Kier alpha value is -3.72. The third-order valence-corrected chi connectivity index (χ3v) is 5.19. The zero-order valence-electron chi connectivity index (χ0n) is 18.7. The zero-order valence-corrected chi connectivity index (χ0v) is 18.7. The molecule has 9 heteroatoms. The number of benzene rings is 2. The molecule has 1 atom stereocenters. The second-order valence-corrected chi connectivity index (χ2v) is 7.88. The predicted octanol–water partition coefficient (Wildman–Crippen LogP) is 3.84. The maximum absolute atomic E-state index is 13.0. The number of nitro groups is 1. The van der Waals surface area contributed by atoms with Crippen LogP contribution in [0.5, 0.6) is 5.75 Å². The summed E-state index contributed by atoms with van der Waals surface area (Å²) in [6, 6.07) is 11.4. The lowest BCUT2D eigenvalue weighted by molar-refractivity contribution is -0.384. The molecule has 174 valence electrons. The fraction of sp³-hybridized carbons (Fsp3) is 0.333. The predicted molar refractivity (Wildman–Crippen MR) is 121 cm³/mol. The molecule has 0 aromatic heterocycles. The SMILES string of the molecule is COCCCN1C(=O)C(=O)/C(=C(\O)c2cccc([N+](=O)[O-])c2)C1c1ccc(OC(C)C)cc1. The molecule has 1 aliphatic heterocycles. The van der Waals surface area contributed by atoms with E-state index >= 15 is 0 Å². The van der Waals surface area contributed by atoms with Crippen molar-refractivity contribution < 1.29 is 29.1 Å². The van der Waals surface area contributed by atoms with Crippen molar-refractivity contribution in [3.05, 3.63) is 75.3 Å². The Labute approximate surface area is 191 Å². The van der Waals surface area contributed by atoms with Crippen LogP contribution in [-0.2, 0) is 14.3 Å². The Balaban J connectivity index is 2.10. The molecule has 1 saturated heterocycles. The van der Waals surface area contributed by atoms with Crippen molar-refractivity contribution >= 4 is 23.1 Å². The minimum atomic E-state index is -0.853. The minimum absolute atomic E-state index is 0.0237. The van der Waals surface area contributed by atoms with Crippen LogP contribution >= 0.6 is 0 Å². The summed E-state index contributed by atoms with van der Waals surface area (Å²) in [4.78, 5) is 37.8. The third-order valence-electron chi connectivity index (χ3n) is 5.19. The number of nitrogens with zero attached hydrogens (tertiary/aromatic N) is 2. The number of nitro benzene ring substituents is 1. The molecule has 1 N–H and O–H groups in total. The van der Waals surface area contributed by atoms with Gasteiger partial charge >= 0.3 is 0 Å². The Bertz CT molecular complexity index is 1080. The number of aliphatic hydroxyl groups is 1. The van der Waals surface area contributed by atoms with Crippen molar-refractivity contribution in [1.29, 1.82) is 0 Å². The van der Waals surface area contributed by atoms with E-state index in [-0.39, 0.29) is 29.5 Å². The van der Waals surface area contributed by atoms with Gasteiger partial charge in [0, 0.05) is 38.0 Å². The quantitative estimate of drug-likeness (QED) is 0.153. The largest absolute Gasteiger partial charge is 0.507 e. The van der Waals surface area contributed by atoms with Gasteiger partial charge in [-0.1, -0.05) is 24.3 Å². The highest BCUT2D eigenvalue weighted by Crippen LogP contribution is 2.40. The van der Waals surface area contributed by atoms with Crippen LogP contribution in [0.3, 0.4) is 0 Å². The summed E-state index contributed by atoms with van der Waals surface area (Å²) in [6.45, 7) is 4.43. The van der Waals surface area contributed by atoms with E-state index in [0.29, 0.717) is 24.3 Å². The van der Waals surface area contributed by atoms with Crippen LogP contribution in [0, 0.1) is 10.1 Å². The first-order chi connectivity index (χ1) is 15.7. The third kappa shape index (κ3) is 5.20. The second-order valence-electron chi connectivity index (χ2n) is 7.88. The number of hydrogen-bond acceptors (Lipinski definition) is 7. The molecule has 2 aromatic rings. The summed E-state index contributed by atoms with van der Waals surface area (Å²) in [5.41, 5.74) is 0.342. The summed E-state index contributed by atoms with van der Waals surface area (Å²) < 4.78 is 10.7. The molecule has 0 bridgehead atoms. The van der Waals surface area contributed by atoms with E-state index < -0.39 is 28.4 Å². The highest BCUT2D eigenvalue weighted by molar-refractivity contribution is 6.46. The van der Waals surface area contributed by atoms with Crippen molar-refractivity contribution in [2.45, 2.75) is 32.4 Å². The Morgan fingerprint density at radius 1 is 1.18 bits per heavy atom.